The predicted octanol–water partition coefficient (Wildman–Crippen LogP) is 2.42. The summed E-state index contributed by atoms with van der Waals surface area (Å²) >= 11 is 0. The fourth-order valence-corrected chi connectivity index (χ4v) is 0.927. The van der Waals surface area contributed by atoms with Crippen molar-refractivity contribution in [3.8, 4) is 5.75 Å². The Morgan fingerprint density at radius 1 is 1.54 bits per heavy atom. The summed E-state index contributed by atoms with van der Waals surface area (Å²) in [5.74, 6) is 0.793. The molecule has 0 amide bonds. The van der Waals surface area contributed by atoms with Gasteiger partial charge in [-0.3, -0.25) is 4.68 Å². The SMILES string of the molecule is C=CC(C)Oc1cnn(C(C)C)c1. The number of rotatable bonds is 4. The lowest BCUT2D eigenvalue weighted by molar-refractivity contribution is 0.269. The topological polar surface area (TPSA) is 27.1 Å². The minimum Gasteiger partial charge on any atom is -0.483 e. The number of nitrogens with zero attached hydrogens (tertiary/aromatic N) is 2. The summed E-state index contributed by atoms with van der Waals surface area (Å²) in [6.45, 7) is 9.74. The van der Waals surface area contributed by atoms with Crippen LogP contribution in [0.1, 0.15) is 26.8 Å². The molecule has 13 heavy (non-hydrogen) atoms. The third kappa shape index (κ3) is 2.61. The molecule has 0 aliphatic heterocycles. The molecule has 0 aromatic carbocycles. The second-order valence-corrected chi connectivity index (χ2v) is 3.31. The van der Waals surface area contributed by atoms with Gasteiger partial charge in [0.05, 0.1) is 12.4 Å². The Hall–Kier alpha value is -1.25. The van der Waals surface area contributed by atoms with E-state index < -0.39 is 0 Å². The van der Waals surface area contributed by atoms with Crippen molar-refractivity contribution in [3.63, 3.8) is 0 Å². The number of aromatic nitrogens is 2. The van der Waals surface area contributed by atoms with Crippen molar-refractivity contribution < 1.29 is 4.74 Å². The van der Waals surface area contributed by atoms with E-state index in [-0.39, 0.29) is 6.10 Å². The Labute approximate surface area is 79.0 Å². The lowest BCUT2D eigenvalue weighted by atomic mass is 10.4. The highest BCUT2D eigenvalue weighted by atomic mass is 16.5. The molecule has 0 bridgehead atoms. The van der Waals surface area contributed by atoms with E-state index in [2.05, 4.69) is 25.5 Å². The zero-order valence-corrected chi connectivity index (χ0v) is 8.40. The third-order valence-electron chi connectivity index (χ3n) is 1.76. The smallest absolute Gasteiger partial charge is 0.158 e. The third-order valence-corrected chi connectivity index (χ3v) is 1.76. The molecule has 1 heterocycles. The van der Waals surface area contributed by atoms with Crippen LogP contribution in [0.25, 0.3) is 0 Å². The molecular weight excluding hydrogens is 164 g/mol. The average molecular weight is 180 g/mol. The van der Waals surface area contributed by atoms with Crippen molar-refractivity contribution in [3.05, 3.63) is 25.0 Å². The predicted molar refractivity (Wildman–Crippen MR) is 52.9 cm³/mol. The number of ether oxygens (including phenoxy) is 1. The summed E-state index contributed by atoms with van der Waals surface area (Å²) in [7, 11) is 0. The fourth-order valence-electron chi connectivity index (χ4n) is 0.927. The monoisotopic (exact) mass is 180 g/mol. The van der Waals surface area contributed by atoms with Crippen LogP contribution in [0.3, 0.4) is 0 Å². The molecule has 0 aliphatic carbocycles. The van der Waals surface area contributed by atoms with Crippen molar-refractivity contribution in [2.45, 2.75) is 32.9 Å². The van der Waals surface area contributed by atoms with Crippen LogP contribution >= 0.6 is 0 Å². The molecule has 0 N–H and O–H groups in total. The largest absolute Gasteiger partial charge is 0.483 e. The highest BCUT2D eigenvalue weighted by Crippen LogP contribution is 2.13. The van der Waals surface area contributed by atoms with Gasteiger partial charge in [-0.2, -0.15) is 5.10 Å². The molecule has 1 atom stereocenters. The maximum absolute atomic E-state index is 5.49. The first kappa shape index (κ1) is 9.84. The zero-order valence-electron chi connectivity index (χ0n) is 8.40. The molecule has 1 aromatic heterocycles. The van der Waals surface area contributed by atoms with Crippen LogP contribution in [0, 0.1) is 0 Å². The quantitative estimate of drug-likeness (QED) is 0.665. The number of hydrogen-bond donors (Lipinski definition) is 0. The maximum Gasteiger partial charge on any atom is 0.158 e. The summed E-state index contributed by atoms with van der Waals surface area (Å²) < 4.78 is 7.36. The molecule has 0 saturated carbocycles. The molecule has 72 valence electrons. The Morgan fingerprint density at radius 3 is 2.69 bits per heavy atom. The molecule has 0 radical (unpaired) electrons. The summed E-state index contributed by atoms with van der Waals surface area (Å²) in [5.41, 5.74) is 0. The molecule has 0 fully saturated rings. The van der Waals surface area contributed by atoms with Crippen LogP contribution in [-0.4, -0.2) is 15.9 Å². The van der Waals surface area contributed by atoms with Crippen molar-refractivity contribution in [2.75, 3.05) is 0 Å². The maximum atomic E-state index is 5.49. The Bertz CT molecular complexity index is 278. The van der Waals surface area contributed by atoms with Crippen LogP contribution in [0.15, 0.2) is 25.0 Å². The van der Waals surface area contributed by atoms with Crippen LogP contribution in [-0.2, 0) is 0 Å². The highest BCUT2D eigenvalue weighted by Gasteiger charge is 2.04. The lowest BCUT2D eigenvalue weighted by Crippen LogP contribution is -2.06. The van der Waals surface area contributed by atoms with E-state index in [1.807, 2.05) is 17.8 Å². The van der Waals surface area contributed by atoms with E-state index in [9.17, 15) is 0 Å². The van der Waals surface area contributed by atoms with Gasteiger partial charge < -0.3 is 4.74 Å². The van der Waals surface area contributed by atoms with Crippen molar-refractivity contribution in [1.82, 2.24) is 9.78 Å². The normalized spacial score (nSPS) is 12.9. The fraction of sp³-hybridized carbons (Fsp3) is 0.500. The van der Waals surface area contributed by atoms with E-state index in [0.29, 0.717) is 6.04 Å². The molecule has 1 rings (SSSR count). The van der Waals surface area contributed by atoms with E-state index in [4.69, 9.17) is 4.74 Å². The van der Waals surface area contributed by atoms with E-state index in [0.717, 1.165) is 5.75 Å². The van der Waals surface area contributed by atoms with E-state index in [1.54, 1.807) is 12.3 Å². The minimum atomic E-state index is 0.0322. The molecule has 3 heteroatoms. The van der Waals surface area contributed by atoms with Crippen molar-refractivity contribution in [2.24, 2.45) is 0 Å². The zero-order chi connectivity index (χ0) is 9.84. The van der Waals surface area contributed by atoms with Gasteiger partial charge in [0.25, 0.3) is 0 Å². The van der Waals surface area contributed by atoms with E-state index >= 15 is 0 Å². The second kappa shape index (κ2) is 4.12. The first-order valence-electron chi connectivity index (χ1n) is 4.47. The minimum absolute atomic E-state index is 0.0322. The molecule has 1 aromatic rings. The van der Waals surface area contributed by atoms with Crippen LogP contribution in [0.2, 0.25) is 0 Å². The van der Waals surface area contributed by atoms with Crippen molar-refractivity contribution in [1.29, 1.82) is 0 Å². The molecule has 1 unspecified atom stereocenters. The highest BCUT2D eigenvalue weighted by molar-refractivity contribution is 5.13. The average Bonchev–Trinajstić information content (AvgIpc) is 2.52. The molecular formula is C10H16N2O. The van der Waals surface area contributed by atoms with Gasteiger partial charge in [-0.05, 0) is 20.8 Å². The molecule has 3 nitrogen and oxygen atoms in total. The van der Waals surface area contributed by atoms with Gasteiger partial charge in [-0.25, -0.2) is 0 Å². The van der Waals surface area contributed by atoms with Gasteiger partial charge in [0.2, 0.25) is 0 Å². The summed E-state index contributed by atoms with van der Waals surface area (Å²) in [4.78, 5) is 0. The van der Waals surface area contributed by atoms with Gasteiger partial charge in [0.15, 0.2) is 5.75 Å². The van der Waals surface area contributed by atoms with Crippen molar-refractivity contribution >= 4 is 0 Å². The molecule has 0 saturated heterocycles. The molecule has 0 spiro atoms. The Balaban J connectivity index is 2.63. The van der Waals surface area contributed by atoms with Gasteiger partial charge in [0, 0.05) is 6.04 Å². The van der Waals surface area contributed by atoms with Crippen LogP contribution in [0.5, 0.6) is 5.75 Å². The van der Waals surface area contributed by atoms with Gasteiger partial charge in [0.1, 0.15) is 6.10 Å². The summed E-state index contributed by atoms with van der Waals surface area (Å²) in [5, 5.41) is 4.16. The van der Waals surface area contributed by atoms with E-state index in [1.165, 1.54) is 0 Å². The Morgan fingerprint density at radius 2 is 2.23 bits per heavy atom. The second-order valence-electron chi connectivity index (χ2n) is 3.31. The summed E-state index contributed by atoms with van der Waals surface area (Å²) in [6.07, 6.45) is 5.40. The number of hydrogen-bond acceptors (Lipinski definition) is 2. The lowest BCUT2D eigenvalue weighted by Gasteiger charge is -2.07. The van der Waals surface area contributed by atoms with Crippen LogP contribution in [0.4, 0.5) is 0 Å². The van der Waals surface area contributed by atoms with Crippen LogP contribution < -0.4 is 4.74 Å². The molecule has 0 aliphatic rings. The first-order chi connectivity index (χ1) is 6.13. The first-order valence-corrected chi connectivity index (χ1v) is 4.47. The summed E-state index contributed by atoms with van der Waals surface area (Å²) in [6, 6.07) is 0.372. The Kier molecular flexibility index (Phi) is 3.12. The van der Waals surface area contributed by atoms with Gasteiger partial charge in [-0.15, -0.1) is 0 Å². The van der Waals surface area contributed by atoms with Gasteiger partial charge >= 0.3 is 0 Å². The van der Waals surface area contributed by atoms with Gasteiger partial charge in [-0.1, -0.05) is 12.7 Å². The standard InChI is InChI=1S/C10H16N2O/c1-5-9(4)13-10-6-11-12(7-10)8(2)3/h5-9H,1H2,2-4H3.